The van der Waals surface area contributed by atoms with Gasteiger partial charge in [0.2, 0.25) is 0 Å². The van der Waals surface area contributed by atoms with Crippen molar-refractivity contribution < 1.29 is 9.53 Å². The van der Waals surface area contributed by atoms with Crippen LogP contribution in [-0.2, 0) is 4.74 Å². The quantitative estimate of drug-likeness (QED) is 0.784. The lowest BCUT2D eigenvalue weighted by molar-refractivity contribution is -0.0123. The van der Waals surface area contributed by atoms with Crippen LogP contribution in [0.15, 0.2) is 12.3 Å². The summed E-state index contributed by atoms with van der Waals surface area (Å²) < 4.78 is 7.18. The first-order chi connectivity index (χ1) is 9.56. The molecule has 1 atom stereocenters. The lowest BCUT2D eigenvalue weighted by Gasteiger charge is -2.30. The summed E-state index contributed by atoms with van der Waals surface area (Å²) in [6, 6.07) is 1.95. The zero-order valence-electron chi connectivity index (χ0n) is 12.0. The SMILES string of the molecule is Cc1cc(C)n2ncc(C(=O)N3CCOC(C)C3)c2n1. The van der Waals surface area contributed by atoms with E-state index < -0.39 is 0 Å². The Hall–Kier alpha value is -1.95. The third kappa shape index (κ3) is 2.16. The van der Waals surface area contributed by atoms with Crippen LogP contribution in [0.1, 0.15) is 28.7 Å². The van der Waals surface area contributed by atoms with E-state index in [0.29, 0.717) is 30.9 Å². The van der Waals surface area contributed by atoms with Gasteiger partial charge < -0.3 is 9.64 Å². The number of hydrogen-bond acceptors (Lipinski definition) is 4. The zero-order valence-corrected chi connectivity index (χ0v) is 12.0. The number of ether oxygens (including phenoxy) is 1. The molecule has 20 heavy (non-hydrogen) atoms. The molecule has 1 amide bonds. The van der Waals surface area contributed by atoms with Crippen molar-refractivity contribution in [3.8, 4) is 0 Å². The molecule has 2 aromatic rings. The number of aryl methyl sites for hydroxylation is 2. The van der Waals surface area contributed by atoms with Gasteiger partial charge in [0.1, 0.15) is 5.56 Å². The summed E-state index contributed by atoms with van der Waals surface area (Å²) in [4.78, 5) is 18.9. The minimum Gasteiger partial charge on any atom is -0.375 e. The fourth-order valence-electron chi connectivity index (χ4n) is 2.59. The maximum Gasteiger partial charge on any atom is 0.259 e. The molecule has 1 aliphatic heterocycles. The average Bonchev–Trinajstić information content (AvgIpc) is 2.81. The van der Waals surface area contributed by atoms with Gasteiger partial charge in [-0.25, -0.2) is 9.50 Å². The predicted octanol–water partition coefficient (Wildman–Crippen LogP) is 1.21. The highest BCUT2D eigenvalue weighted by molar-refractivity contribution is 5.99. The third-order valence-electron chi connectivity index (χ3n) is 3.54. The van der Waals surface area contributed by atoms with Crippen LogP contribution >= 0.6 is 0 Å². The Labute approximate surface area is 117 Å². The Morgan fingerprint density at radius 3 is 3.00 bits per heavy atom. The third-order valence-corrected chi connectivity index (χ3v) is 3.54. The summed E-state index contributed by atoms with van der Waals surface area (Å²) in [5.41, 5.74) is 3.05. The summed E-state index contributed by atoms with van der Waals surface area (Å²) in [6.07, 6.45) is 1.68. The molecule has 1 fully saturated rings. The normalized spacial score (nSPS) is 19.6. The van der Waals surface area contributed by atoms with Crippen molar-refractivity contribution in [2.45, 2.75) is 26.9 Å². The van der Waals surface area contributed by atoms with Gasteiger partial charge in [0.15, 0.2) is 5.65 Å². The predicted molar refractivity (Wildman–Crippen MR) is 73.8 cm³/mol. The molecule has 6 nitrogen and oxygen atoms in total. The maximum atomic E-state index is 12.6. The highest BCUT2D eigenvalue weighted by Gasteiger charge is 2.25. The van der Waals surface area contributed by atoms with E-state index in [4.69, 9.17) is 4.74 Å². The Morgan fingerprint density at radius 2 is 2.25 bits per heavy atom. The highest BCUT2D eigenvalue weighted by Crippen LogP contribution is 2.16. The second-order valence-electron chi connectivity index (χ2n) is 5.27. The molecular weight excluding hydrogens is 256 g/mol. The molecule has 3 rings (SSSR count). The van der Waals surface area contributed by atoms with Crippen molar-refractivity contribution >= 4 is 11.6 Å². The molecule has 1 unspecified atom stereocenters. The molecule has 0 N–H and O–H groups in total. The van der Waals surface area contributed by atoms with E-state index in [0.717, 1.165) is 11.4 Å². The summed E-state index contributed by atoms with van der Waals surface area (Å²) in [5.74, 6) is -0.0207. The van der Waals surface area contributed by atoms with Crippen LogP contribution in [0.25, 0.3) is 5.65 Å². The lowest BCUT2D eigenvalue weighted by Crippen LogP contribution is -2.44. The average molecular weight is 274 g/mol. The van der Waals surface area contributed by atoms with E-state index in [-0.39, 0.29) is 12.0 Å². The number of hydrogen-bond donors (Lipinski definition) is 0. The van der Waals surface area contributed by atoms with Crippen LogP contribution in [-0.4, -0.2) is 51.2 Å². The van der Waals surface area contributed by atoms with Gasteiger partial charge in [-0.2, -0.15) is 5.10 Å². The number of fused-ring (bicyclic) bond motifs is 1. The van der Waals surface area contributed by atoms with Gasteiger partial charge >= 0.3 is 0 Å². The van der Waals surface area contributed by atoms with Gasteiger partial charge in [0.25, 0.3) is 5.91 Å². The van der Waals surface area contributed by atoms with Crippen LogP contribution in [0, 0.1) is 13.8 Å². The largest absolute Gasteiger partial charge is 0.375 e. The molecule has 0 aliphatic carbocycles. The first-order valence-corrected chi connectivity index (χ1v) is 6.79. The number of carbonyl (C=O) groups excluding carboxylic acids is 1. The zero-order chi connectivity index (χ0) is 14.3. The Morgan fingerprint density at radius 1 is 1.45 bits per heavy atom. The molecule has 2 aromatic heterocycles. The number of amides is 1. The van der Waals surface area contributed by atoms with Crippen molar-refractivity contribution in [1.82, 2.24) is 19.5 Å². The van der Waals surface area contributed by atoms with Crippen LogP contribution < -0.4 is 0 Å². The lowest BCUT2D eigenvalue weighted by atomic mass is 10.2. The van der Waals surface area contributed by atoms with Crippen LogP contribution in [0.5, 0.6) is 0 Å². The van der Waals surface area contributed by atoms with Gasteiger partial charge in [-0.1, -0.05) is 0 Å². The molecule has 3 heterocycles. The van der Waals surface area contributed by atoms with E-state index in [1.807, 2.05) is 31.7 Å². The van der Waals surface area contributed by atoms with E-state index in [9.17, 15) is 4.79 Å². The molecule has 1 aliphatic rings. The van der Waals surface area contributed by atoms with Crippen molar-refractivity contribution in [1.29, 1.82) is 0 Å². The first-order valence-electron chi connectivity index (χ1n) is 6.79. The van der Waals surface area contributed by atoms with E-state index >= 15 is 0 Å². The van der Waals surface area contributed by atoms with Crippen molar-refractivity contribution in [3.63, 3.8) is 0 Å². The van der Waals surface area contributed by atoms with Gasteiger partial charge in [-0.3, -0.25) is 4.79 Å². The molecule has 0 aromatic carbocycles. The molecule has 0 spiro atoms. The monoisotopic (exact) mass is 274 g/mol. The van der Waals surface area contributed by atoms with Crippen molar-refractivity contribution in [2.24, 2.45) is 0 Å². The summed E-state index contributed by atoms with van der Waals surface area (Å²) in [5, 5.41) is 4.27. The number of aromatic nitrogens is 3. The standard InChI is InChI=1S/C14H18N4O2/c1-9-6-10(2)18-13(16-9)12(7-15-18)14(19)17-4-5-20-11(3)8-17/h6-7,11H,4-5,8H2,1-3H3. The molecule has 6 heteroatoms. The van der Waals surface area contributed by atoms with Gasteiger partial charge in [-0.15, -0.1) is 0 Å². The number of morpholine rings is 1. The molecule has 1 saturated heterocycles. The topological polar surface area (TPSA) is 59.7 Å². The Balaban J connectivity index is 1.99. The van der Waals surface area contributed by atoms with Crippen LogP contribution in [0.4, 0.5) is 0 Å². The smallest absolute Gasteiger partial charge is 0.259 e. The van der Waals surface area contributed by atoms with Gasteiger partial charge in [-0.05, 0) is 26.8 Å². The summed E-state index contributed by atoms with van der Waals surface area (Å²) in [6.45, 7) is 7.66. The first kappa shape index (κ1) is 13.1. The molecule has 0 bridgehead atoms. The number of rotatable bonds is 1. The molecule has 0 radical (unpaired) electrons. The fraction of sp³-hybridized carbons (Fsp3) is 0.500. The van der Waals surface area contributed by atoms with Crippen LogP contribution in [0.3, 0.4) is 0 Å². The Bertz CT molecular complexity index is 664. The molecular formula is C14H18N4O2. The fourth-order valence-corrected chi connectivity index (χ4v) is 2.59. The minimum atomic E-state index is -0.0207. The van der Waals surface area contributed by atoms with E-state index in [1.165, 1.54) is 0 Å². The highest BCUT2D eigenvalue weighted by atomic mass is 16.5. The van der Waals surface area contributed by atoms with Gasteiger partial charge in [0, 0.05) is 24.5 Å². The van der Waals surface area contributed by atoms with Crippen molar-refractivity contribution in [3.05, 3.63) is 29.2 Å². The number of carbonyl (C=O) groups is 1. The molecule has 106 valence electrons. The second-order valence-corrected chi connectivity index (χ2v) is 5.27. The van der Waals surface area contributed by atoms with Crippen molar-refractivity contribution in [2.75, 3.05) is 19.7 Å². The Kier molecular flexibility index (Phi) is 3.17. The van der Waals surface area contributed by atoms with E-state index in [2.05, 4.69) is 10.1 Å². The summed E-state index contributed by atoms with van der Waals surface area (Å²) >= 11 is 0. The van der Waals surface area contributed by atoms with Crippen LogP contribution in [0.2, 0.25) is 0 Å². The summed E-state index contributed by atoms with van der Waals surface area (Å²) in [7, 11) is 0. The van der Waals surface area contributed by atoms with Gasteiger partial charge in [0.05, 0.1) is 18.9 Å². The molecule has 0 saturated carbocycles. The van der Waals surface area contributed by atoms with E-state index in [1.54, 1.807) is 10.7 Å². The maximum absolute atomic E-state index is 12.6. The minimum absolute atomic E-state index is 0.0207. The second kappa shape index (κ2) is 4.86. The number of nitrogens with zero attached hydrogens (tertiary/aromatic N) is 4.